The van der Waals surface area contributed by atoms with Crippen molar-refractivity contribution in [3.63, 3.8) is 0 Å². The molecule has 0 unspecified atom stereocenters. The van der Waals surface area contributed by atoms with Crippen molar-refractivity contribution < 1.29 is 0 Å². The van der Waals surface area contributed by atoms with Crippen molar-refractivity contribution in [2.45, 2.75) is 6.92 Å². The Balaban J connectivity index is 0.000000371. The summed E-state index contributed by atoms with van der Waals surface area (Å²) in [6.07, 6.45) is 1.68. The van der Waals surface area contributed by atoms with E-state index in [2.05, 4.69) is 27.6 Å². The van der Waals surface area contributed by atoms with Crippen LogP contribution in [0.2, 0.25) is 0 Å². The second-order valence-corrected chi connectivity index (χ2v) is 1.71. The molecule has 3 heteroatoms. The minimum Gasteiger partial charge on any atom is -0.383 e. The molecular weight excluding hydrogens is 239 g/mol. The Morgan fingerprint density at radius 2 is 2.10 bits per heavy atom. The minimum absolute atomic E-state index is 0.618. The van der Waals surface area contributed by atoms with E-state index in [1.165, 1.54) is 0 Å². The third-order valence-corrected chi connectivity index (χ3v) is 1.05. The molecule has 0 spiro atoms. The minimum atomic E-state index is 0.618. The Hall–Kier alpha value is -0.320. The molecule has 0 aromatic carbocycles. The maximum absolute atomic E-state index is 5.41. The van der Waals surface area contributed by atoms with Gasteiger partial charge in [-0.05, 0) is 23.5 Å². The lowest BCUT2D eigenvalue weighted by molar-refractivity contribution is 1.28. The average molecular weight is 250 g/mol. The first-order valence-electron chi connectivity index (χ1n) is 2.85. The molecule has 1 aromatic rings. The topological polar surface area (TPSA) is 38.9 Å². The monoisotopic (exact) mass is 250 g/mol. The number of hydrogen-bond acceptors (Lipinski definition) is 2. The Labute approximate surface area is 75.0 Å². The lowest BCUT2D eigenvalue weighted by Gasteiger charge is -1.92. The van der Waals surface area contributed by atoms with Gasteiger partial charge in [-0.15, -0.1) is 0 Å². The zero-order valence-electron chi connectivity index (χ0n) is 6.13. The first-order chi connectivity index (χ1) is 4.80. The zero-order chi connectivity index (χ0) is 7.98. The summed E-state index contributed by atoms with van der Waals surface area (Å²) in [5, 5.41) is 0. The molecule has 0 saturated carbocycles. The molecule has 0 aliphatic carbocycles. The molecule has 0 aliphatic heterocycles. The van der Waals surface area contributed by atoms with Crippen molar-refractivity contribution in [2.24, 2.45) is 0 Å². The number of pyridine rings is 1. The third-order valence-electron chi connectivity index (χ3n) is 1.05. The molecule has 56 valence electrons. The van der Waals surface area contributed by atoms with E-state index in [-0.39, 0.29) is 0 Å². The number of nitrogens with two attached hydrogens (primary N) is 1. The van der Waals surface area contributed by atoms with Gasteiger partial charge in [0.2, 0.25) is 0 Å². The summed E-state index contributed by atoms with van der Waals surface area (Å²) in [4.78, 5) is 5.83. The van der Waals surface area contributed by atoms with E-state index >= 15 is 0 Å². The van der Waals surface area contributed by atoms with Gasteiger partial charge in [0.15, 0.2) is 0 Å². The Kier molecular flexibility index (Phi) is 5.29. The first-order valence-corrected chi connectivity index (χ1v) is 5.01. The number of aromatic nitrogens is 1. The van der Waals surface area contributed by atoms with Gasteiger partial charge in [0.25, 0.3) is 0 Å². The highest BCUT2D eigenvalue weighted by molar-refractivity contribution is 14.1. The van der Waals surface area contributed by atoms with Crippen molar-refractivity contribution in [1.82, 2.24) is 4.98 Å². The molecular formula is C7H11IN2. The molecule has 0 radical (unpaired) electrons. The third kappa shape index (κ3) is 3.00. The molecule has 10 heavy (non-hydrogen) atoms. The highest BCUT2D eigenvalue weighted by Gasteiger charge is 1.86. The van der Waals surface area contributed by atoms with Crippen molar-refractivity contribution in [2.75, 3.05) is 10.7 Å². The van der Waals surface area contributed by atoms with Crippen LogP contribution in [0.5, 0.6) is 0 Å². The van der Waals surface area contributed by atoms with Crippen molar-refractivity contribution in [1.29, 1.82) is 0 Å². The van der Waals surface area contributed by atoms with Crippen LogP contribution in [0.3, 0.4) is 0 Å². The lowest BCUT2D eigenvalue weighted by atomic mass is 10.3. The lowest BCUT2D eigenvalue weighted by Crippen LogP contribution is -1.90. The van der Waals surface area contributed by atoms with Gasteiger partial charge in [-0.1, -0.05) is 28.7 Å². The van der Waals surface area contributed by atoms with E-state index in [0.717, 1.165) is 5.56 Å². The Bertz CT molecular complexity index is 168. The van der Waals surface area contributed by atoms with Crippen LogP contribution in [0.4, 0.5) is 5.82 Å². The fraction of sp³-hybridized carbons (Fsp3) is 0.286. The molecule has 2 N–H and O–H groups in total. The zero-order valence-corrected chi connectivity index (χ0v) is 8.29. The average Bonchev–Trinajstić information content (AvgIpc) is 2.00. The van der Waals surface area contributed by atoms with Gasteiger partial charge < -0.3 is 5.73 Å². The number of nitrogen functional groups attached to an aromatic ring is 1. The number of anilines is 1. The van der Waals surface area contributed by atoms with Gasteiger partial charge in [0.1, 0.15) is 5.82 Å². The molecule has 1 aromatic heterocycles. The highest BCUT2D eigenvalue weighted by Crippen LogP contribution is 2.01. The van der Waals surface area contributed by atoms with Crippen molar-refractivity contribution >= 4 is 28.4 Å². The number of hydrogen-bond donors (Lipinski definition) is 1. The van der Waals surface area contributed by atoms with E-state index in [0.29, 0.717) is 5.82 Å². The van der Waals surface area contributed by atoms with Crippen LogP contribution in [-0.2, 0) is 0 Å². The predicted octanol–water partition coefficient (Wildman–Crippen LogP) is 2.02. The molecule has 1 heterocycles. The fourth-order valence-electron chi connectivity index (χ4n) is 0.498. The smallest absolute Gasteiger partial charge is 0.126 e. The van der Waals surface area contributed by atoms with Crippen LogP contribution in [0, 0.1) is 6.92 Å². The van der Waals surface area contributed by atoms with Crippen LogP contribution in [0.15, 0.2) is 18.3 Å². The molecule has 0 aliphatic rings. The largest absolute Gasteiger partial charge is 0.383 e. The van der Waals surface area contributed by atoms with Gasteiger partial charge in [0, 0.05) is 6.20 Å². The normalized spacial score (nSPS) is 7.90. The van der Waals surface area contributed by atoms with E-state index in [9.17, 15) is 0 Å². The number of halogens is 1. The summed E-state index contributed by atoms with van der Waals surface area (Å²) in [5.41, 5.74) is 6.44. The van der Waals surface area contributed by atoms with Crippen molar-refractivity contribution in [3.8, 4) is 0 Å². The predicted molar refractivity (Wildman–Crippen MR) is 53.3 cm³/mol. The molecule has 0 saturated heterocycles. The fourth-order valence-corrected chi connectivity index (χ4v) is 0.498. The maximum atomic E-state index is 5.41. The van der Waals surface area contributed by atoms with Gasteiger partial charge in [-0.25, -0.2) is 4.98 Å². The number of nitrogens with zero attached hydrogens (tertiary/aromatic N) is 1. The van der Waals surface area contributed by atoms with Crippen LogP contribution < -0.4 is 5.73 Å². The quantitative estimate of drug-likeness (QED) is 0.565. The second kappa shape index (κ2) is 5.46. The van der Waals surface area contributed by atoms with E-state index in [1.807, 2.05) is 24.0 Å². The standard InChI is InChI=1S/C6H8N2.CH3I/c1-5-3-2-4-8-6(5)7;1-2/h2-4H,1H3,(H2,7,8);1H3. The van der Waals surface area contributed by atoms with Gasteiger partial charge in [0.05, 0.1) is 0 Å². The summed E-state index contributed by atoms with van der Waals surface area (Å²) >= 11 is 2.15. The van der Waals surface area contributed by atoms with E-state index in [1.54, 1.807) is 6.20 Å². The highest BCUT2D eigenvalue weighted by atomic mass is 127. The van der Waals surface area contributed by atoms with E-state index < -0.39 is 0 Å². The van der Waals surface area contributed by atoms with Gasteiger partial charge in [-0.2, -0.15) is 0 Å². The Morgan fingerprint density at radius 3 is 2.40 bits per heavy atom. The van der Waals surface area contributed by atoms with Crippen molar-refractivity contribution in [3.05, 3.63) is 23.9 Å². The van der Waals surface area contributed by atoms with Gasteiger partial charge >= 0.3 is 0 Å². The summed E-state index contributed by atoms with van der Waals surface area (Å²) in [6, 6.07) is 3.80. The maximum Gasteiger partial charge on any atom is 0.126 e. The van der Waals surface area contributed by atoms with Gasteiger partial charge in [-0.3, -0.25) is 0 Å². The molecule has 0 atom stereocenters. The number of rotatable bonds is 0. The van der Waals surface area contributed by atoms with Crippen LogP contribution >= 0.6 is 22.6 Å². The first kappa shape index (κ1) is 9.68. The molecule has 2 nitrogen and oxygen atoms in total. The van der Waals surface area contributed by atoms with Crippen LogP contribution in [0.25, 0.3) is 0 Å². The number of aryl methyl sites for hydroxylation is 1. The Morgan fingerprint density at radius 1 is 1.50 bits per heavy atom. The molecule has 0 amide bonds. The molecule has 0 bridgehead atoms. The summed E-state index contributed by atoms with van der Waals surface area (Å²) in [7, 11) is 0. The summed E-state index contributed by atoms with van der Waals surface area (Å²) < 4.78 is 0. The summed E-state index contributed by atoms with van der Waals surface area (Å²) in [6.45, 7) is 1.93. The van der Waals surface area contributed by atoms with Crippen LogP contribution in [-0.4, -0.2) is 9.91 Å². The summed E-state index contributed by atoms with van der Waals surface area (Å²) in [5.74, 6) is 0.618. The molecule has 0 fully saturated rings. The SMILES string of the molecule is CI.Cc1cccnc1N. The van der Waals surface area contributed by atoms with E-state index in [4.69, 9.17) is 5.73 Å². The number of alkyl halides is 1. The molecule has 1 rings (SSSR count). The van der Waals surface area contributed by atoms with Crippen LogP contribution in [0.1, 0.15) is 5.56 Å². The second-order valence-electron chi connectivity index (χ2n) is 1.71.